The topological polar surface area (TPSA) is 100 Å². The number of carboxylic acids is 1. The summed E-state index contributed by atoms with van der Waals surface area (Å²) in [6, 6.07) is 16.2. The van der Waals surface area contributed by atoms with Gasteiger partial charge in [0.05, 0.1) is 0 Å². The lowest BCUT2D eigenvalue weighted by molar-refractivity contribution is -0.132. The van der Waals surface area contributed by atoms with Crippen LogP contribution in [-0.2, 0) is 10.5 Å². The lowest BCUT2D eigenvalue weighted by Crippen LogP contribution is -2.24. The first-order valence-electron chi connectivity index (χ1n) is 8.24. The molecule has 0 aliphatic carbocycles. The van der Waals surface area contributed by atoms with E-state index in [2.05, 4.69) is 15.4 Å². The molecule has 0 saturated carbocycles. The van der Waals surface area contributed by atoms with Crippen molar-refractivity contribution in [3.63, 3.8) is 0 Å². The number of benzene rings is 2. The third kappa shape index (κ3) is 3.65. The molecule has 0 spiro atoms. The number of anilines is 1. The van der Waals surface area contributed by atoms with Gasteiger partial charge in [-0.15, -0.1) is 5.10 Å². The second-order valence-electron chi connectivity index (χ2n) is 5.99. The van der Waals surface area contributed by atoms with Crippen molar-refractivity contribution in [3.05, 3.63) is 77.5 Å². The van der Waals surface area contributed by atoms with E-state index in [1.165, 1.54) is 11.8 Å². The molecule has 2 aromatic carbocycles. The fraction of sp³-hybridized carbons (Fsp3) is 0.105. The summed E-state index contributed by atoms with van der Waals surface area (Å²) >= 11 is 1.47. The molecule has 1 aromatic heterocycles. The summed E-state index contributed by atoms with van der Waals surface area (Å²) in [5.41, 5.74) is 1.90. The first-order valence-corrected chi connectivity index (χ1v) is 9.23. The van der Waals surface area contributed by atoms with Crippen molar-refractivity contribution >= 4 is 23.7 Å². The molecule has 7 nitrogen and oxygen atoms in total. The molecule has 1 aliphatic rings. The van der Waals surface area contributed by atoms with Crippen LogP contribution in [0.1, 0.15) is 17.2 Å². The minimum atomic E-state index is -1.08. The number of thioether (sulfide) groups is 1. The molecular formula is C19H16N4O3S. The Morgan fingerprint density at radius 3 is 2.74 bits per heavy atom. The number of carbonyl (C=O) groups is 1. The fourth-order valence-corrected chi connectivity index (χ4v) is 3.61. The van der Waals surface area contributed by atoms with Crippen molar-refractivity contribution in [2.75, 3.05) is 5.32 Å². The number of hydrogen-bond acceptors (Lipinski definition) is 6. The summed E-state index contributed by atoms with van der Waals surface area (Å²) in [7, 11) is 0. The van der Waals surface area contributed by atoms with Crippen molar-refractivity contribution in [2.45, 2.75) is 17.0 Å². The maximum absolute atomic E-state index is 11.5. The van der Waals surface area contributed by atoms with Gasteiger partial charge in [0.2, 0.25) is 11.1 Å². The number of aromatic nitrogens is 3. The Morgan fingerprint density at radius 1 is 1.19 bits per heavy atom. The largest absolute Gasteiger partial charge is 0.508 e. The number of allylic oxidation sites excluding steroid dienone is 1. The smallest absolute Gasteiger partial charge is 0.352 e. The molecule has 0 fully saturated rings. The Hall–Kier alpha value is -3.26. The molecule has 0 amide bonds. The van der Waals surface area contributed by atoms with E-state index < -0.39 is 12.0 Å². The Kier molecular flexibility index (Phi) is 4.55. The molecular weight excluding hydrogens is 364 g/mol. The van der Waals surface area contributed by atoms with Crippen molar-refractivity contribution in [3.8, 4) is 5.75 Å². The predicted octanol–water partition coefficient (Wildman–Crippen LogP) is 3.26. The number of fused-ring (bicyclic) bond motifs is 1. The van der Waals surface area contributed by atoms with Gasteiger partial charge in [-0.1, -0.05) is 54.2 Å². The number of nitrogens with zero attached hydrogens (tertiary/aromatic N) is 3. The maximum atomic E-state index is 11.5. The summed E-state index contributed by atoms with van der Waals surface area (Å²) < 4.78 is 1.63. The van der Waals surface area contributed by atoms with Gasteiger partial charge in [0, 0.05) is 5.75 Å². The highest BCUT2D eigenvalue weighted by Gasteiger charge is 2.27. The Morgan fingerprint density at radius 2 is 2.00 bits per heavy atom. The molecule has 1 atom stereocenters. The fourth-order valence-electron chi connectivity index (χ4n) is 2.83. The van der Waals surface area contributed by atoms with Crippen LogP contribution in [0.3, 0.4) is 0 Å². The van der Waals surface area contributed by atoms with Crippen LogP contribution in [0.25, 0.3) is 0 Å². The van der Waals surface area contributed by atoms with E-state index in [0.717, 1.165) is 11.1 Å². The summed E-state index contributed by atoms with van der Waals surface area (Å²) in [5, 5.41) is 27.1. The monoisotopic (exact) mass is 380 g/mol. The number of rotatable bonds is 5. The third-order valence-corrected chi connectivity index (χ3v) is 5.01. The van der Waals surface area contributed by atoms with Crippen molar-refractivity contribution < 1.29 is 15.0 Å². The van der Waals surface area contributed by atoms with Gasteiger partial charge in [0.15, 0.2) is 0 Å². The van der Waals surface area contributed by atoms with E-state index >= 15 is 0 Å². The Labute approximate surface area is 159 Å². The number of phenols is 1. The van der Waals surface area contributed by atoms with Gasteiger partial charge in [0.25, 0.3) is 0 Å². The normalized spacial score (nSPS) is 15.6. The molecule has 136 valence electrons. The number of hydrogen-bond donors (Lipinski definition) is 3. The van der Waals surface area contributed by atoms with Crippen LogP contribution >= 0.6 is 11.8 Å². The zero-order chi connectivity index (χ0) is 18.8. The molecule has 3 aromatic rings. The zero-order valence-electron chi connectivity index (χ0n) is 14.1. The van der Waals surface area contributed by atoms with Gasteiger partial charge in [-0.3, -0.25) is 0 Å². The van der Waals surface area contributed by atoms with Crippen LogP contribution in [0, 0.1) is 0 Å². The zero-order valence-corrected chi connectivity index (χ0v) is 14.9. The summed E-state index contributed by atoms with van der Waals surface area (Å²) in [5.74, 6) is 0.101. The first-order chi connectivity index (χ1) is 13.1. The minimum Gasteiger partial charge on any atom is -0.508 e. The van der Waals surface area contributed by atoms with E-state index in [1.807, 2.05) is 36.4 Å². The van der Waals surface area contributed by atoms with E-state index in [4.69, 9.17) is 0 Å². The molecule has 4 rings (SSSR count). The van der Waals surface area contributed by atoms with Gasteiger partial charge in [0.1, 0.15) is 17.5 Å². The quantitative estimate of drug-likeness (QED) is 0.584. The lowest BCUT2D eigenvalue weighted by atomic mass is 10.0. The van der Waals surface area contributed by atoms with E-state index in [-0.39, 0.29) is 11.4 Å². The number of nitrogens with one attached hydrogen (secondary N) is 1. The average molecular weight is 380 g/mol. The van der Waals surface area contributed by atoms with Gasteiger partial charge in [-0.05, 0) is 29.3 Å². The van der Waals surface area contributed by atoms with E-state index in [0.29, 0.717) is 16.9 Å². The Balaban J connectivity index is 1.65. The van der Waals surface area contributed by atoms with Crippen molar-refractivity contribution in [2.24, 2.45) is 0 Å². The van der Waals surface area contributed by atoms with Crippen LogP contribution in [-0.4, -0.2) is 30.9 Å². The summed E-state index contributed by atoms with van der Waals surface area (Å²) in [4.78, 5) is 15.9. The minimum absolute atomic E-state index is 0.0304. The predicted molar refractivity (Wildman–Crippen MR) is 102 cm³/mol. The van der Waals surface area contributed by atoms with Gasteiger partial charge >= 0.3 is 5.97 Å². The summed E-state index contributed by atoms with van der Waals surface area (Å²) in [6.45, 7) is 0. The number of carboxylic acid groups (broad SMARTS) is 1. The number of aliphatic carboxylic acids is 1. The standard InChI is InChI=1S/C19H16N4O3S/c24-14-8-4-7-13(9-14)16-10-15(17(25)26)20-18-21-19(22-23(16)18)27-11-12-5-2-1-3-6-12/h1-10,16,24H,11H2,(H,25,26)(H,20,21,22)/t16-/m1/s1. The van der Waals surface area contributed by atoms with Crippen LogP contribution in [0.2, 0.25) is 0 Å². The molecule has 2 heterocycles. The highest BCUT2D eigenvalue weighted by Crippen LogP contribution is 2.32. The second kappa shape index (κ2) is 7.16. The molecule has 0 unspecified atom stereocenters. The molecule has 27 heavy (non-hydrogen) atoms. The lowest BCUT2D eigenvalue weighted by Gasteiger charge is -2.22. The van der Waals surface area contributed by atoms with Gasteiger partial charge in [-0.25, -0.2) is 9.48 Å². The maximum Gasteiger partial charge on any atom is 0.352 e. The molecule has 0 radical (unpaired) electrons. The number of aromatic hydroxyl groups is 1. The highest BCUT2D eigenvalue weighted by molar-refractivity contribution is 7.98. The van der Waals surface area contributed by atoms with Crippen LogP contribution in [0.5, 0.6) is 5.75 Å². The molecule has 0 saturated heterocycles. The summed E-state index contributed by atoms with van der Waals surface area (Å²) in [6.07, 6.45) is 1.56. The van der Waals surface area contributed by atoms with Crippen molar-refractivity contribution in [1.82, 2.24) is 14.8 Å². The first kappa shape index (κ1) is 17.2. The van der Waals surface area contributed by atoms with E-state index in [9.17, 15) is 15.0 Å². The molecule has 0 bridgehead atoms. The van der Waals surface area contributed by atoms with Gasteiger partial charge in [-0.2, -0.15) is 4.98 Å². The average Bonchev–Trinajstić information content (AvgIpc) is 3.09. The van der Waals surface area contributed by atoms with Gasteiger partial charge < -0.3 is 15.5 Å². The highest BCUT2D eigenvalue weighted by atomic mass is 32.2. The SMILES string of the molecule is O=C(O)C1=C[C@H](c2cccc(O)c2)n2nc(SCc3ccccc3)nc2N1. The molecule has 8 heteroatoms. The van der Waals surface area contributed by atoms with Crippen molar-refractivity contribution in [1.29, 1.82) is 0 Å². The second-order valence-corrected chi connectivity index (χ2v) is 6.93. The number of phenolic OH excluding ortho intramolecular Hbond substituents is 1. The third-order valence-electron chi connectivity index (χ3n) is 4.10. The van der Waals surface area contributed by atoms with E-state index in [1.54, 1.807) is 29.0 Å². The Bertz CT molecular complexity index is 1020. The van der Waals surface area contributed by atoms with Crippen LogP contribution in [0.15, 0.2) is 71.5 Å². The molecule has 1 aliphatic heterocycles. The van der Waals surface area contributed by atoms with Crippen LogP contribution in [0.4, 0.5) is 5.95 Å². The van der Waals surface area contributed by atoms with Crippen LogP contribution < -0.4 is 5.32 Å². The molecule has 3 N–H and O–H groups in total.